The van der Waals surface area contributed by atoms with E-state index in [4.69, 9.17) is 5.73 Å². The highest BCUT2D eigenvalue weighted by atomic mass is 79.9. The molecule has 1 saturated carbocycles. The molecule has 0 radical (unpaired) electrons. The number of rotatable bonds is 3. The Kier molecular flexibility index (Phi) is 4.62. The first-order valence-electron chi connectivity index (χ1n) is 6.86. The zero-order valence-electron chi connectivity index (χ0n) is 11.2. The molecule has 1 aromatic rings. The minimum atomic E-state index is -0.512. The monoisotopic (exact) mass is 331 g/mol. The van der Waals surface area contributed by atoms with Crippen LogP contribution in [0.1, 0.15) is 44.6 Å². The maximum absolute atomic E-state index is 14.0. The van der Waals surface area contributed by atoms with E-state index in [1.165, 1.54) is 12.1 Å². The zero-order chi connectivity index (χ0) is 14.0. The molecule has 0 saturated heterocycles. The molecule has 0 aromatic heterocycles. The number of halogens is 3. The molecule has 0 aliphatic heterocycles. The van der Waals surface area contributed by atoms with Crippen molar-refractivity contribution in [3.63, 3.8) is 0 Å². The quantitative estimate of drug-likeness (QED) is 0.807. The molecule has 0 atom stereocenters. The van der Waals surface area contributed by atoms with Gasteiger partial charge in [0.25, 0.3) is 0 Å². The van der Waals surface area contributed by atoms with Gasteiger partial charge in [-0.05, 0) is 66.1 Å². The number of nitrogens with two attached hydrogens (primary N) is 1. The lowest BCUT2D eigenvalue weighted by Crippen LogP contribution is -2.45. The molecule has 0 spiro atoms. The molecule has 2 N–H and O–H groups in total. The third-order valence-corrected chi connectivity index (χ3v) is 4.96. The highest BCUT2D eigenvalue weighted by Crippen LogP contribution is 2.35. The molecule has 19 heavy (non-hydrogen) atoms. The van der Waals surface area contributed by atoms with Gasteiger partial charge < -0.3 is 5.73 Å². The van der Waals surface area contributed by atoms with Gasteiger partial charge in [-0.1, -0.05) is 13.3 Å². The van der Waals surface area contributed by atoms with Crippen LogP contribution in [0.15, 0.2) is 16.6 Å². The molecular weight excluding hydrogens is 312 g/mol. The lowest BCUT2D eigenvalue weighted by Gasteiger charge is -2.37. The summed E-state index contributed by atoms with van der Waals surface area (Å²) in [6.07, 6.45) is 5.25. The van der Waals surface area contributed by atoms with Crippen molar-refractivity contribution in [1.82, 2.24) is 0 Å². The van der Waals surface area contributed by atoms with Gasteiger partial charge in [0.1, 0.15) is 11.6 Å². The van der Waals surface area contributed by atoms with Gasteiger partial charge in [-0.25, -0.2) is 8.78 Å². The summed E-state index contributed by atoms with van der Waals surface area (Å²) in [5.74, 6) is -0.292. The second-order valence-electron chi connectivity index (χ2n) is 5.71. The first-order valence-corrected chi connectivity index (χ1v) is 7.66. The van der Waals surface area contributed by atoms with E-state index in [-0.39, 0.29) is 12.0 Å². The molecule has 2 rings (SSSR count). The van der Waals surface area contributed by atoms with Gasteiger partial charge in [-0.3, -0.25) is 0 Å². The van der Waals surface area contributed by atoms with Crippen molar-refractivity contribution in [2.45, 2.75) is 51.0 Å². The largest absolute Gasteiger partial charge is 0.325 e. The van der Waals surface area contributed by atoms with Crippen LogP contribution in [0, 0.1) is 17.6 Å². The van der Waals surface area contributed by atoms with Gasteiger partial charge in [0, 0.05) is 11.1 Å². The van der Waals surface area contributed by atoms with Crippen LogP contribution < -0.4 is 5.73 Å². The van der Waals surface area contributed by atoms with Crippen LogP contribution in [-0.2, 0) is 6.42 Å². The SMILES string of the molecule is CCC1CCC(N)(Cc2c(F)ccc(Br)c2F)CC1. The van der Waals surface area contributed by atoms with Gasteiger partial charge in [0.2, 0.25) is 0 Å². The van der Waals surface area contributed by atoms with Crippen LogP contribution >= 0.6 is 15.9 Å². The molecule has 0 bridgehead atoms. The second-order valence-corrected chi connectivity index (χ2v) is 6.57. The minimum Gasteiger partial charge on any atom is -0.325 e. The predicted molar refractivity (Wildman–Crippen MR) is 76.9 cm³/mol. The molecule has 106 valence electrons. The zero-order valence-corrected chi connectivity index (χ0v) is 12.8. The topological polar surface area (TPSA) is 26.0 Å². The van der Waals surface area contributed by atoms with Crippen LogP contribution in [0.5, 0.6) is 0 Å². The summed E-state index contributed by atoms with van der Waals surface area (Å²) < 4.78 is 28.1. The fourth-order valence-electron chi connectivity index (χ4n) is 2.92. The molecule has 1 aromatic carbocycles. The summed E-state index contributed by atoms with van der Waals surface area (Å²) in [5.41, 5.74) is 6.00. The molecule has 4 heteroatoms. The van der Waals surface area contributed by atoms with Crippen LogP contribution in [0.2, 0.25) is 0 Å². The van der Waals surface area contributed by atoms with E-state index in [0.29, 0.717) is 10.4 Å². The normalized spacial score (nSPS) is 27.5. The smallest absolute Gasteiger partial charge is 0.143 e. The van der Waals surface area contributed by atoms with Crippen molar-refractivity contribution >= 4 is 15.9 Å². The van der Waals surface area contributed by atoms with Gasteiger partial charge in [-0.2, -0.15) is 0 Å². The molecule has 0 amide bonds. The molecule has 1 aliphatic carbocycles. The minimum absolute atomic E-state index is 0.117. The number of hydrogen-bond donors (Lipinski definition) is 1. The van der Waals surface area contributed by atoms with Crippen LogP contribution in [0.3, 0.4) is 0 Å². The third kappa shape index (κ3) is 3.34. The van der Waals surface area contributed by atoms with Gasteiger partial charge >= 0.3 is 0 Å². The van der Waals surface area contributed by atoms with E-state index in [9.17, 15) is 8.78 Å². The Morgan fingerprint density at radius 3 is 2.53 bits per heavy atom. The maximum Gasteiger partial charge on any atom is 0.143 e. The van der Waals surface area contributed by atoms with Crippen LogP contribution in [-0.4, -0.2) is 5.54 Å². The summed E-state index contributed by atoms with van der Waals surface area (Å²) in [4.78, 5) is 0. The maximum atomic E-state index is 14.0. The summed E-state index contributed by atoms with van der Waals surface area (Å²) in [5, 5.41) is 0. The van der Waals surface area contributed by atoms with Crippen molar-refractivity contribution < 1.29 is 8.78 Å². The lowest BCUT2D eigenvalue weighted by molar-refractivity contribution is 0.225. The molecular formula is C15H20BrF2N. The fraction of sp³-hybridized carbons (Fsp3) is 0.600. The van der Waals surface area contributed by atoms with Crippen molar-refractivity contribution in [1.29, 1.82) is 0 Å². The summed E-state index contributed by atoms with van der Waals surface area (Å²) in [7, 11) is 0. The highest BCUT2D eigenvalue weighted by molar-refractivity contribution is 9.10. The Bertz CT molecular complexity index is 454. The van der Waals surface area contributed by atoms with Crippen molar-refractivity contribution in [2.24, 2.45) is 11.7 Å². The van der Waals surface area contributed by atoms with E-state index in [1.807, 2.05) is 0 Å². The predicted octanol–water partition coefficient (Wildman–Crippen LogP) is 4.57. The molecule has 0 unspecified atom stereocenters. The van der Waals surface area contributed by atoms with Crippen molar-refractivity contribution in [2.75, 3.05) is 0 Å². The second kappa shape index (κ2) is 5.88. The molecule has 1 aliphatic rings. The first kappa shape index (κ1) is 14.9. The van der Waals surface area contributed by atoms with Gasteiger partial charge in [0.05, 0.1) is 4.47 Å². The number of hydrogen-bond acceptors (Lipinski definition) is 1. The lowest BCUT2D eigenvalue weighted by atomic mass is 9.73. The first-order chi connectivity index (χ1) is 8.95. The van der Waals surface area contributed by atoms with E-state index in [2.05, 4.69) is 22.9 Å². The van der Waals surface area contributed by atoms with Crippen molar-refractivity contribution in [3.8, 4) is 0 Å². The molecule has 0 heterocycles. The van der Waals surface area contributed by atoms with E-state index < -0.39 is 17.2 Å². The van der Waals surface area contributed by atoms with Gasteiger partial charge in [-0.15, -0.1) is 0 Å². The summed E-state index contributed by atoms with van der Waals surface area (Å²) in [6.45, 7) is 2.18. The van der Waals surface area contributed by atoms with Gasteiger partial charge in [0.15, 0.2) is 0 Å². The van der Waals surface area contributed by atoms with E-state index >= 15 is 0 Å². The standard InChI is InChI=1S/C15H20BrF2N/c1-2-10-5-7-15(19,8-6-10)9-11-13(17)4-3-12(16)14(11)18/h3-4,10H,2,5-9,19H2,1H3. The van der Waals surface area contributed by atoms with Crippen molar-refractivity contribution in [3.05, 3.63) is 33.8 Å². The Morgan fingerprint density at radius 2 is 1.95 bits per heavy atom. The molecule has 1 nitrogen and oxygen atoms in total. The summed E-state index contributed by atoms with van der Waals surface area (Å²) in [6, 6.07) is 2.69. The van der Waals surface area contributed by atoms with E-state index in [0.717, 1.165) is 32.1 Å². The number of benzene rings is 1. The Balaban J connectivity index is 2.15. The molecule has 1 fully saturated rings. The van der Waals surface area contributed by atoms with E-state index in [1.54, 1.807) is 0 Å². The Morgan fingerprint density at radius 1 is 1.32 bits per heavy atom. The van der Waals surface area contributed by atoms with Crippen LogP contribution in [0.4, 0.5) is 8.78 Å². The average molecular weight is 332 g/mol. The Labute approximate surface area is 121 Å². The summed E-state index contributed by atoms with van der Waals surface area (Å²) >= 11 is 3.10. The van der Waals surface area contributed by atoms with Crippen LogP contribution in [0.25, 0.3) is 0 Å². The highest BCUT2D eigenvalue weighted by Gasteiger charge is 2.33. The third-order valence-electron chi connectivity index (χ3n) is 4.35. The Hall–Kier alpha value is -0.480. The average Bonchev–Trinajstić information content (AvgIpc) is 2.40. The fourth-order valence-corrected chi connectivity index (χ4v) is 3.29.